The lowest BCUT2D eigenvalue weighted by molar-refractivity contribution is -0.126. The van der Waals surface area contributed by atoms with E-state index in [4.69, 9.17) is 0 Å². The van der Waals surface area contributed by atoms with E-state index in [1.54, 1.807) is 22.4 Å². The van der Waals surface area contributed by atoms with Gasteiger partial charge in [0.2, 0.25) is 5.91 Å². The first kappa shape index (κ1) is 15.1. The fraction of sp³-hybridized carbons (Fsp3) is 0.278. The standard InChI is InChI=1S/C18H18N4OS/c1-12-5-3-4-6-14(12)18-20-10-15(24-18)17-19-7-8-22(17)13-9-16(23)21(2)11-13/h3-8,10,13H,9,11H2,1-2H3. The molecule has 0 bridgehead atoms. The van der Waals surface area contributed by atoms with E-state index in [0.717, 1.165) is 27.8 Å². The average Bonchev–Trinajstić information content (AvgIpc) is 3.28. The van der Waals surface area contributed by atoms with Crippen LogP contribution in [0.1, 0.15) is 18.0 Å². The highest BCUT2D eigenvalue weighted by Crippen LogP contribution is 2.34. The molecule has 24 heavy (non-hydrogen) atoms. The Labute approximate surface area is 144 Å². The van der Waals surface area contributed by atoms with E-state index in [9.17, 15) is 4.79 Å². The zero-order chi connectivity index (χ0) is 16.7. The van der Waals surface area contributed by atoms with Gasteiger partial charge in [-0.05, 0) is 12.5 Å². The van der Waals surface area contributed by atoms with Crippen molar-refractivity contribution in [2.45, 2.75) is 19.4 Å². The summed E-state index contributed by atoms with van der Waals surface area (Å²) in [6.45, 7) is 2.82. The molecule has 3 heterocycles. The van der Waals surface area contributed by atoms with Crippen molar-refractivity contribution in [3.05, 3.63) is 48.4 Å². The summed E-state index contributed by atoms with van der Waals surface area (Å²) in [5.74, 6) is 1.07. The van der Waals surface area contributed by atoms with Gasteiger partial charge in [0, 0.05) is 44.2 Å². The largest absolute Gasteiger partial charge is 0.344 e. The Morgan fingerprint density at radius 2 is 2.08 bits per heavy atom. The maximum absolute atomic E-state index is 11.8. The molecule has 5 nitrogen and oxygen atoms in total. The van der Waals surface area contributed by atoms with Crippen LogP contribution in [-0.2, 0) is 4.79 Å². The number of imidazole rings is 1. The third-order valence-corrected chi connectivity index (χ3v) is 5.51. The summed E-state index contributed by atoms with van der Waals surface area (Å²) in [6.07, 6.45) is 6.17. The molecule has 3 aromatic rings. The topological polar surface area (TPSA) is 51.0 Å². The molecule has 1 fully saturated rings. The van der Waals surface area contributed by atoms with Crippen LogP contribution in [0, 0.1) is 6.92 Å². The van der Waals surface area contributed by atoms with Crippen LogP contribution in [0.3, 0.4) is 0 Å². The highest BCUT2D eigenvalue weighted by Gasteiger charge is 2.29. The average molecular weight is 338 g/mol. The molecule has 1 aliphatic heterocycles. The molecule has 0 spiro atoms. The number of nitrogens with zero attached hydrogens (tertiary/aromatic N) is 4. The molecule has 2 aromatic heterocycles. The first-order chi connectivity index (χ1) is 11.6. The number of aryl methyl sites for hydroxylation is 1. The number of benzene rings is 1. The van der Waals surface area contributed by atoms with Crippen LogP contribution in [0.4, 0.5) is 0 Å². The van der Waals surface area contributed by atoms with Crippen molar-refractivity contribution in [1.82, 2.24) is 19.4 Å². The van der Waals surface area contributed by atoms with Crippen LogP contribution >= 0.6 is 11.3 Å². The normalized spacial score (nSPS) is 17.7. The summed E-state index contributed by atoms with van der Waals surface area (Å²) < 4.78 is 2.11. The van der Waals surface area contributed by atoms with Crippen molar-refractivity contribution < 1.29 is 4.79 Å². The molecular formula is C18H18N4OS. The summed E-state index contributed by atoms with van der Waals surface area (Å²) in [7, 11) is 1.85. The maximum atomic E-state index is 11.8. The number of aromatic nitrogens is 3. The number of amides is 1. The molecule has 0 aliphatic carbocycles. The highest BCUT2D eigenvalue weighted by atomic mass is 32.1. The molecule has 0 saturated carbocycles. The van der Waals surface area contributed by atoms with Gasteiger partial charge in [-0.3, -0.25) is 4.79 Å². The number of hydrogen-bond donors (Lipinski definition) is 0. The van der Waals surface area contributed by atoms with Gasteiger partial charge < -0.3 is 9.47 Å². The van der Waals surface area contributed by atoms with Crippen molar-refractivity contribution in [2.24, 2.45) is 0 Å². The van der Waals surface area contributed by atoms with Crippen molar-refractivity contribution in [3.8, 4) is 21.3 Å². The van der Waals surface area contributed by atoms with Crippen molar-refractivity contribution in [3.63, 3.8) is 0 Å². The monoisotopic (exact) mass is 338 g/mol. The van der Waals surface area contributed by atoms with E-state index in [-0.39, 0.29) is 11.9 Å². The minimum atomic E-state index is 0.143. The second kappa shape index (κ2) is 5.87. The number of likely N-dealkylation sites (tertiary alicyclic amines) is 1. The minimum Gasteiger partial charge on any atom is -0.344 e. The van der Waals surface area contributed by atoms with E-state index in [2.05, 4.69) is 33.6 Å². The van der Waals surface area contributed by atoms with Gasteiger partial charge in [-0.25, -0.2) is 9.97 Å². The predicted octanol–water partition coefficient (Wildman–Crippen LogP) is 3.39. The molecule has 1 aromatic carbocycles. The third kappa shape index (κ3) is 2.53. The summed E-state index contributed by atoms with van der Waals surface area (Å²) >= 11 is 1.64. The quantitative estimate of drug-likeness (QED) is 0.735. The number of carbonyl (C=O) groups is 1. The zero-order valence-electron chi connectivity index (χ0n) is 13.6. The molecule has 1 saturated heterocycles. The lowest BCUT2D eigenvalue weighted by Gasteiger charge is -2.14. The van der Waals surface area contributed by atoms with Gasteiger partial charge in [-0.1, -0.05) is 24.3 Å². The van der Waals surface area contributed by atoms with Gasteiger partial charge in [0.1, 0.15) is 5.01 Å². The van der Waals surface area contributed by atoms with Crippen LogP contribution in [0.5, 0.6) is 0 Å². The fourth-order valence-electron chi connectivity index (χ4n) is 3.14. The Bertz CT molecular complexity index is 898. The number of rotatable bonds is 3. The molecule has 1 unspecified atom stereocenters. The van der Waals surface area contributed by atoms with Crippen LogP contribution < -0.4 is 0 Å². The lowest BCUT2D eigenvalue weighted by atomic mass is 10.1. The molecule has 4 rings (SSSR count). The second-order valence-corrected chi connectivity index (χ2v) is 7.17. The molecular weight excluding hydrogens is 320 g/mol. The van der Waals surface area contributed by atoms with Gasteiger partial charge in [0.25, 0.3) is 0 Å². The van der Waals surface area contributed by atoms with Crippen LogP contribution in [0.2, 0.25) is 0 Å². The second-order valence-electron chi connectivity index (χ2n) is 6.13. The third-order valence-electron chi connectivity index (χ3n) is 4.48. The Kier molecular flexibility index (Phi) is 3.69. The Morgan fingerprint density at radius 1 is 1.25 bits per heavy atom. The summed E-state index contributed by atoms with van der Waals surface area (Å²) in [5, 5.41) is 0.997. The van der Waals surface area contributed by atoms with E-state index in [1.807, 2.05) is 31.6 Å². The van der Waals surface area contributed by atoms with Crippen molar-refractivity contribution in [2.75, 3.05) is 13.6 Å². The maximum Gasteiger partial charge on any atom is 0.224 e. The summed E-state index contributed by atoms with van der Waals surface area (Å²) in [5.41, 5.74) is 2.37. The van der Waals surface area contributed by atoms with Crippen LogP contribution in [-0.4, -0.2) is 38.9 Å². The van der Waals surface area contributed by atoms with Gasteiger partial charge in [-0.15, -0.1) is 11.3 Å². The first-order valence-corrected chi connectivity index (χ1v) is 8.74. The molecule has 6 heteroatoms. The number of carbonyl (C=O) groups excluding carboxylic acids is 1. The number of likely N-dealkylation sites (N-methyl/N-ethyl adjacent to an activating group) is 1. The van der Waals surface area contributed by atoms with Gasteiger partial charge >= 0.3 is 0 Å². The first-order valence-electron chi connectivity index (χ1n) is 7.92. The summed E-state index contributed by atoms with van der Waals surface area (Å²) in [6, 6.07) is 8.40. The molecule has 122 valence electrons. The molecule has 0 N–H and O–H groups in total. The number of hydrogen-bond acceptors (Lipinski definition) is 4. The Morgan fingerprint density at radius 3 is 2.83 bits per heavy atom. The minimum absolute atomic E-state index is 0.143. The Balaban J connectivity index is 1.68. The Hall–Kier alpha value is -2.47. The summed E-state index contributed by atoms with van der Waals surface area (Å²) in [4.78, 5) is 23.7. The van der Waals surface area contributed by atoms with E-state index in [0.29, 0.717) is 6.42 Å². The predicted molar refractivity (Wildman–Crippen MR) is 94.8 cm³/mol. The smallest absolute Gasteiger partial charge is 0.224 e. The number of thiazole rings is 1. The zero-order valence-corrected chi connectivity index (χ0v) is 14.5. The molecule has 0 radical (unpaired) electrons. The molecule has 1 aliphatic rings. The molecule has 1 amide bonds. The van der Waals surface area contributed by atoms with Gasteiger partial charge in [0.05, 0.1) is 10.9 Å². The fourth-order valence-corrected chi connectivity index (χ4v) is 4.15. The molecule has 1 atom stereocenters. The van der Waals surface area contributed by atoms with E-state index in [1.165, 1.54) is 5.56 Å². The highest BCUT2D eigenvalue weighted by molar-refractivity contribution is 7.18. The van der Waals surface area contributed by atoms with Crippen LogP contribution in [0.25, 0.3) is 21.3 Å². The lowest BCUT2D eigenvalue weighted by Crippen LogP contribution is -2.19. The van der Waals surface area contributed by atoms with Crippen molar-refractivity contribution >= 4 is 17.2 Å². The van der Waals surface area contributed by atoms with Crippen LogP contribution in [0.15, 0.2) is 42.9 Å². The van der Waals surface area contributed by atoms with Gasteiger partial charge in [-0.2, -0.15) is 0 Å². The van der Waals surface area contributed by atoms with E-state index >= 15 is 0 Å². The van der Waals surface area contributed by atoms with Gasteiger partial charge in [0.15, 0.2) is 5.82 Å². The SMILES string of the molecule is Cc1ccccc1-c1ncc(-c2nccn2C2CC(=O)N(C)C2)s1. The van der Waals surface area contributed by atoms with Crippen molar-refractivity contribution in [1.29, 1.82) is 0 Å². The van der Waals surface area contributed by atoms with E-state index < -0.39 is 0 Å².